The second-order valence-corrected chi connectivity index (χ2v) is 9.33. The van der Waals surface area contributed by atoms with Gasteiger partial charge in [0.25, 0.3) is 0 Å². The Morgan fingerprint density at radius 2 is 1.87 bits per heavy atom. The van der Waals surface area contributed by atoms with Gasteiger partial charge in [-0.3, -0.25) is 9.59 Å². The number of fused-ring (bicyclic) bond motifs is 5. The molecule has 0 bridgehead atoms. The molecule has 4 aliphatic rings. The van der Waals surface area contributed by atoms with E-state index in [1.165, 1.54) is 0 Å². The maximum Gasteiger partial charge on any atom is 0.139 e. The summed E-state index contributed by atoms with van der Waals surface area (Å²) >= 11 is 0. The van der Waals surface area contributed by atoms with Gasteiger partial charge in [-0.1, -0.05) is 13.8 Å². The lowest BCUT2D eigenvalue weighted by atomic mass is 9.43. The molecule has 7 atom stereocenters. The van der Waals surface area contributed by atoms with Crippen molar-refractivity contribution in [2.45, 2.75) is 65.2 Å². The number of aliphatic hydroxyl groups excluding tert-OH is 1. The highest BCUT2D eigenvalue weighted by molar-refractivity contribution is 5.87. The van der Waals surface area contributed by atoms with Gasteiger partial charge in [-0.2, -0.15) is 0 Å². The van der Waals surface area contributed by atoms with Crippen molar-refractivity contribution >= 4 is 11.6 Å². The summed E-state index contributed by atoms with van der Waals surface area (Å²) in [5, 5.41) is 10.1. The molecule has 128 valence electrons. The quantitative estimate of drug-likeness (QED) is 0.806. The molecular weight excluding hydrogens is 288 g/mol. The van der Waals surface area contributed by atoms with Crippen molar-refractivity contribution < 1.29 is 14.7 Å². The molecule has 4 rings (SSSR count). The number of rotatable bonds is 1. The fraction of sp³-hybridized carbons (Fsp3) is 0.900. The molecule has 1 N–H and O–H groups in total. The first-order chi connectivity index (χ1) is 10.9. The number of hydrogen-bond acceptors (Lipinski definition) is 3. The van der Waals surface area contributed by atoms with Crippen LogP contribution >= 0.6 is 0 Å². The molecule has 0 saturated heterocycles. The zero-order valence-corrected chi connectivity index (χ0v) is 14.5. The number of Topliss-reactive ketones (excluding diaryl/α,β-unsaturated/α-hetero) is 2. The number of aliphatic hydroxyl groups is 1. The number of carbonyl (C=O) groups excluding carboxylic acids is 2. The SMILES string of the molecule is C[C@]12CCC(=O)CC1C[C@@H](CO)[C@@H]1[C@@H]2CC[C@]2(C)C(=O)CC[C@@H]12. The van der Waals surface area contributed by atoms with E-state index in [0.717, 1.165) is 51.4 Å². The summed E-state index contributed by atoms with van der Waals surface area (Å²) in [6.45, 7) is 4.83. The molecule has 0 aliphatic heterocycles. The minimum absolute atomic E-state index is 0.137. The monoisotopic (exact) mass is 318 g/mol. The Kier molecular flexibility index (Phi) is 3.54. The Morgan fingerprint density at radius 3 is 2.61 bits per heavy atom. The molecule has 4 saturated carbocycles. The van der Waals surface area contributed by atoms with E-state index in [9.17, 15) is 14.7 Å². The molecule has 0 aromatic carbocycles. The highest BCUT2D eigenvalue weighted by atomic mass is 16.3. The Hall–Kier alpha value is -0.700. The van der Waals surface area contributed by atoms with Gasteiger partial charge in [0, 0.05) is 31.3 Å². The Labute approximate surface area is 139 Å². The zero-order chi connectivity index (χ0) is 16.4. The van der Waals surface area contributed by atoms with Crippen LogP contribution in [0.5, 0.6) is 0 Å². The lowest BCUT2D eigenvalue weighted by molar-refractivity contribution is -0.157. The predicted octanol–water partition coefficient (Wildman–Crippen LogP) is 3.39. The van der Waals surface area contributed by atoms with Crippen molar-refractivity contribution in [3.05, 3.63) is 0 Å². The summed E-state index contributed by atoms with van der Waals surface area (Å²) in [4.78, 5) is 24.5. The van der Waals surface area contributed by atoms with Crippen molar-refractivity contribution in [1.82, 2.24) is 0 Å². The summed E-state index contributed by atoms with van der Waals surface area (Å²) in [6, 6.07) is 0. The maximum absolute atomic E-state index is 12.5. The van der Waals surface area contributed by atoms with Gasteiger partial charge in [-0.15, -0.1) is 0 Å². The molecule has 0 amide bonds. The van der Waals surface area contributed by atoms with Gasteiger partial charge in [0.05, 0.1) is 0 Å². The fourth-order valence-corrected chi connectivity index (χ4v) is 7.18. The summed E-state index contributed by atoms with van der Waals surface area (Å²) in [6.07, 6.45) is 7.35. The summed E-state index contributed by atoms with van der Waals surface area (Å²) in [5.74, 6) is 3.16. The lowest BCUT2D eigenvalue weighted by Crippen LogP contribution is -2.57. The lowest BCUT2D eigenvalue weighted by Gasteiger charge is -2.61. The highest BCUT2D eigenvalue weighted by Gasteiger charge is 2.62. The van der Waals surface area contributed by atoms with Gasteiger partial charge in [0.1, 0.15) is 11.6 Å². The van der Waals surface area contributed by atoms with Crippen LogP contribution in [-0.2, 0) is 9.59 Å². The topological polar surface area (TPSA) is 54.4 Å². The molecule has 4 aliphatic carbocycles. The second kappa shape index (κ2) is 5.15. The van der Waals surface area contributed by atoms with Crippen molar-refractivity contribution in [2.24, 2.45) is 40.4 Å². The summed E-state index contributed by atoms with van der Waals surface area (Å²) in [5.41, 5.74) is 0.111. The third kappa shape index (κ3) is 2.04. The molecule has 3 nitrogen and oxygen atoms in total. The normalized spacial score (nSPS) is 52.7. The van der Waals surface area contributed by atoms with Gasteiger partial charge in [0.2, 0.25) is 0 Å². The molecule has 23 heavy (non-hydrogen) atoms. The molecule has 0 aromatic heterocycles. The zero-order valence-electron chi connectivity index (χ0n) is 14.5. The third-order valence-corrected chi connectivity index (χ3v) is 8.60. The van der Waals surface area contributed by atoms with Crippen LogP contribution in [0.1, 0.15) is 65.2 Å². The first-order valence-corrected chi connectivity index (χ1v) is 9.56. The smallest absolute Gasteiger partial charge is 0.139 e. The molecular formula is C20H30O3. The van der Waals surface area contributed by atoms with Crippen LogP contribution in [0.4, 0.5) is 0 Å². The minimum atomic E-state index is -0.137. The predicted molar refractivity (Wildman–Crippen MR) is 87.7 cm³/mol. The molecule has 0 radical (unpaired) electrons. The standard InChI is InChI=1S/C20H30O3/c1-19-7-5-14(22)10-13(19)9-12(11-21)18-15-3-4-17(23)20(15,2)8-6-16(18)19/h12-13,15-16,18,21H,3-11H2,1-2H3/t12-,13?,15-,16-,18-,19-,20-/m0/s1. The summed E-state index contributed by atoms with van der Waals surface area (Å²) < 4.78 is 0. The molecule has 4 fully saturated rings. The van der Waals surface area contributed by atoms with E-state index in [0.29, 0.717) is 41.2 Å². The van der Waals surface area contributed by atoms with Gasteiger partial charge < -0.3 is 5.11 Å². The van der Waals surface area contributed by atoms with E-state index in [1.54, 1.807) is 0 Å². The number of hydrogen-bond donors (Lipinski definition) is 1. The van der Waals surface area contributed by atoms with Crippen LogP contribution < -0.4 is 0 Å². The second-order valence-electron chi connectivity index (χ2n) is 9.33. The first-order valence-electron chi connectivity index (χ1n) is 9.56. The number of ketones is 2. The first kappa shape index (κ1) is 15.8. The average molecular weight is 318 g/mol. The van der Waals surface area contributed by atoms with Gasteiger partial charge in [0.15, 0.2) is 0 Å². The van der Waals surface area contributed by atoms with Crippen LogP contribution in [0.15, 0.2) is 0 Å². The fourth-order valence-electron chi connectivity index (χ4n) is 7.18. The highest BCUT2D eigenvalue weighted by Crippen LogP contribution is 2.66. The molecule has 1 unspecified atom stereocenters. The third-order valence-electron chi connectivity index (χ3n) is 8.60. The largest absolute Gasteiger partial charge is 0.396 e. The van der Waals surface area contributed by atoms with Crippen LogP contribution in [0.3, 0.4) is 0 Å². The van der Waals surface area contributed by atoms with E-state index in [1.807, 2.05) is 0 Å². The Balaban J connectivity index is 1.72. The molecule has 3 heteroatoms. The van der Waals surface area contributed by atoms with Gasteiger partial charge in [-0.05, 0) is 67.1 Å². The van der Waals surface area contributed by atoms with Crippen LogP contribution in [-0.4, -0.2) is 23.3 Å². The van der Waals surface area contributed by atoms with Crippen molar-refractivity contribution in [3.8, 4) is 0 Å². The van der Waals surface area contributed by atoms with E-state index >= 15 is 0 Å². The Morgan fingerprint density at radius 1 is 1.09 bits per heavy atom. The van der Waals surface area contributed by atoms with Gasteiger partial charge >= 0.3 is 0 Å². The minimum Gasteiger partial charge on any atom is -0.396 e. The van der Waals surface area contributed by atoms with Gasteiger partial charge in [-0.25, -0.2) is 0 Å². The van der Waals surface area contributed by atoms with Crippen molar-refractivity contribution in [3.63, 3.8) is 0 Å². The van der Waals surface area contributed by atoms with Crippen LogP contribution in [0, 0.1) is 40.4 Å². The average Bonchev–Trinajstić information content (AvgIpc) is 2.83. The number of carbonyl (C=O) groups is 2. The van der Waals surface area contributed by atoms with E-state index in [2.05, 4.69) is 13.8 Å². The maximum atomic E-state index is 12.5. The molecule has 0 spiro atoms. The molecule has 0 aromatic rings. The van der Waals surface area contributed by atoms with Crippen LogP contribution in [0.25, 0.3) is 0 Å². The van der Waals surface area contributed by atoms with E-state index < -0.39 is 0 Å². The summed E-state index contributed by atoms with van der Waals surface area (Å²) in [7, 11) is 0. The Bertz CT molecular complexity index is 541. The molecule has 0 heterocycles. The van der Waals surface area contributed by atoms with Crippen molar-refractivity contribution in [1.29, 1.82) is 0 Å². The van der Waals surface area contributed by atoms with Crippen molar-refractivity contribution in [2.75, 3.05) is 6.61 Å². The van der Waals surface area contributed by atoms with E-state index in [4.69, 9.17) is 0 Å². The van der Waals surface area contributed by atoms with Crippen LogP contribution in [0.2, 0.25) is 0 Å². The van der Waals surface area contributed by atoms with E-state index in [-0.39, 0.29) is 17.4 Å².